The normalized spacial score (nSPS) is 10.8. The second kappa shape index (κ2) is 5.74. The number of aromatic hydroxyl groups is 1. The van der Waals surface area contributed by atoms with E-state index in [1.807, 2.05) is 24.3 Å². The molecule has 0 heterocycles. The van der Waals surface area contributed by atoms with Gasteiger partial charge in [-0.15, -0.1) is 0 Å². The first-order chi connectivity index (χ1) is 8.77. The number of hydrogen-bond donors (Lipinski definition) is 1. The lowest BCUT2D eigenvalue weighted by atomic mass is 10.00. The monoisotopic (exact) mass is 246 g/mol. The van der Waals surface area contributed by atoms with Crippen LogP contribution in [0.1, 0.15) is 12.0 Å². The molecule has 0 radical (unpaired) electrons. The predicted octanol–water partition coefficient (Wildman–Crippen LogP) is 3.13. The van der Waals surface area contributed by atoms with E-state index in [0.29, 0.717) is 5.75 Å². The third-order valence-electron chi connectivity index (χ3n) is 3.08. The molecule has 0 aliphatic carbocycles. The maximum atomic E-state index is 10.2. The van der Waals surface area contributed by atoms with Crippen LogP contribution in [0.3, 0.4) is 0 Å². The van der Waals surface area contributed by atoms with Crippen molar-refractivity contribution in [2.45, 2.75) is 12.8 Å². The Morgan fingerprint density at radius 2 is 1.94 bits per heavy atom. The molecule has 96 valence electrons. The van der Waals surface area contributed by atoms with E-state index in [-0.39, 0.29) is 5.75 Å². The quantitative estimate of drug-likeness (QED) is 0.824. The molecule has 2 rings (SSSR count). The topological polar surface area (TPSA) is 38.7 Å². The van der Waals surface area contributed by atoms with Gasteiger partial charge in [-0.1, -0.05) is 24.3 Å². The maximum absolute atomic E-state index is 10.2. The van der Waals surface area contributed by atoms with E-state index < -0.39 is 0 Å². The Bertz CT molecular complexity index is 534. The molecule has 0 atom stereocenters. The molecule has 0 spiro atoms. The van der Waals surface area contributed by atoms with E-state index in [4.69, 9.17) is 9.47 Å². The van der Waals surface area contributed by atoms with Crippen LogP contribution < -0.4 is 4.74 Å². The highest BCUT2D eigenvalue weighted by Crippen LogP contribution is 2.36. The van der Waals surface area contributed by atoms with Crippen molar-refractivity contribution < 1.29 is 14.6 Å². The first-order valence-corrected chi connectivity index (χ1v) is 6.04. The fourth-order valence-corrected chi connectivity index (χ4v) is 2.20. The molecule has 0 saturated heterocycles. The lowest BCUT2D eigenvalue weighted by Crippen LogP contribution is -1.94. The number of ether oxygens (including phenoxy) is 2. The highest BCUT2D eigenvalue weighted by atomic mass is 16.5. The molecular weight excluding hydrogens is 228 g/mol. The minimum absolute atomic E-state index is 0.225. The SMILES string of the molecule is COCCCc1cccc2ccc(OC)c(O)c12. The number of aryl methyl sites for hydroxylation is 1. The molecule has 2 aromatic carbocycles. The highest BCUT2D eigenvalue weighted by Gasteiger charge is 2.10. The van der Waals surface area contributed by atoms with Crippen LogP contribution >= 0.6 is 0 Å². The van der Waals surface area contributed by atoms with Crippen molar-refractivity contribution in [2.75, 3.05) is 20.8 Å². The minimum Gasteiger partial charge on any atom is -0.504 e. The Morgan fingerprint density at radius 3 is 2.67 bits per heavy atom. The Morgan fingerprint density at radius 1 is 1.11 bits per heavy atom. The number of benzene rings is 2. The summed E-state index contributed by atoms with van der Waals surface area (Å²) < 4.78 is 10.2. The van der Waals surface area contributed by atoms with E-state index in [9.17, 15) is 5.11 Å². The summed E-state index contributed by atoms with van der Waals surface area (Å²) >= 11 is 0. The third-order valence-corrected chi connectivity index (χ3v) is 3.08. The van der Waals surface area contributed by atoms with Crippen LogP contribution in [0.2, 0.25) is 0 Å². The van der Waals surface area contributed by atoms with Crippen LogP contribution in [0.25, 0.3) is 10.8 Å². The Labute approximate surface area is 107 Å². The number of methoxy groups -OCH3 is 2. The van der Waals surface area contributed by atoms with Crippen LogP contribution in [0.4, 0.5) is 0 Å². The molecule has 0 fully saturated rings. The van der Waals surface area contributed by atoms with Gasteiger partial charge in [0.2, 0.25) is 0 Å². The molecule has 0 aliphatic rings. The summed E-state index contributed by atoms with van der Waals surface area (Å²) in [5, 5.41) is 12.1. The lowest BCUT2D eigenvalue weighted by Gasteiger charge is -2.11. The minimum atomic E-state index is 0.225. The molecular formula is C15H18O3. The van der Waals surface area contributed by atoms with Crippen LogP contribution in [-0.4, -0.2) is 25.9 Å². The molecule has 0 aromatic heterocycles. The molecule has 2 aromatic rings. The summed E-state index contributed by atoms with van der Waals surface area (Å²) in [5.41, 5.74) is 1.13. The summed E-state index contributed by atoms with van der Waals surface area (Å²) in [5.74, 6) is 0.740. The summed E-state index contributed by atoms with van der Waals surface area (Å²) in [4.78, 5) is 0. The van der Waals surface area contributed by atoms with E-state index in [0.717, 1.165) is 35.8 Å². The van der Waals surface area contributed by atoms with Crippen molar-refractivity contribution in [1.82, 2.24) is 0 Å². The van der Waals surface area contributed by atoms with Gasteiger partial charge in [-0.3, -0.25) is 0 Å². The van der Waals surface area contributed by atoms with E-state index in [1.165, 1.54) is 0 Å². The highest BCUT2D eigenvalue weighted by molar-refractivity contribution is 5.93. The summed E-state index contributed by atoms with van der Waals surface area (Å²) in [6.45, 7) is 0.723. The van der Waals surface area contributed by atoms with Crippen molar-refractivity contribution in [3.8, 4) is 11.5 Å². The molecule has 3 heteroatoms. The summed E-state index contributed by atoms with van der Waals surface area (Å²) in [6, 6.07) is 9.80. The van der Waals surface area contributed by atoms with Crippen LogP contribution in [0, 0.1) is 0 Å². The zero-order valence-corrected chi connectivity index (χ0v) is 10.8. The molecule has 18 heavy (non-hydrogen) atoms. The second-order valence-electron chi connectivity index (χ2n) is 4.23. The first kappa shape index (κ1) is 12.7. The number of phenols is 1. The second-order valence-corrected chi connectivity index (χ2v) is 4.23. The van der Waals surface area contributed by atoms with Crippen molar-refractivity contribution in [2.24, 2.45) is 0 Å². The fraction of sp³-hybridized carbons (Fsp3) is 0.333. The van der Waals surface area contributed by atoms with Gasteiger partial charge in [-0.25, -0.2) is 0 Å². The molecule has 0 unspecified atom stereocenters. The van der Waals surface area contributed by atoms with Crippen LogP contribution in [0.5, 0.6) is 11.5 Å². The smallest absolute Gasteiger partial charge is 0.165 e. The number of hydrogen-bond acceptors (Lipinski definition) is 3. The van der Waals surface area contributed by atoms with Crippen molar-refractivity contribution >= 4 is 10.8 Å². The fourth-order valence-electron chi connectivity index (χ4n) is 2.20. The van der Waals surface area contributed by atoms with Crippen molar-refractivity contribution in [1.29, 1.82) is 0 Å². The zero-order chi connectivity index (χ0) is 13.0. The van der Waals surface area contributed by atoms with Crippen molar-refractivity contribution in [3.05, 3.63) is 35.9 Å². The number of phenolic OH excluding ortho intramolecular Hbond substituents is 1. The zero-order valence-electron chi connectivity index (χ0n) is 10.8. The summed E-state index contributed by atoms with van der Waals surface area (Å²) in [6.07, 6.45) is 1.82. The largest absolute Gasteiger partial charge is 0.504 e. The standard InChI is InChI=1S/C15H18O3/c1-17-10-4-7-11-5-3-6-12-8-9-13(18-2)15(16)14(11)12/h3,5-6,8-9,16H,4,7,10H2,1-2H3. The van der Waals surface area contributed by atoms with Gasteiger partial charge in [-0.2, -0.15) is 0 Å². The molecule has 1 N–H and O–H groups in total. The van der Waals surface area contributed by atoms with Gasteiger partial charge in [0.05, 0.1) is 7.11 Å². The molecule has 0 bridgehead atoms. The Balaban J connectivity index is 2.45. The Hall–Kier alpha value is -1.74. The average Bonchev–Trinajstić information content (AvgIpc) is 2.39. The average molecular weight is 246 g/mol. The van der Waals surface area contributed by atoms with Gasteiger partial charge < -0.3 is 14.6 Å². The number of rotatable bonds is 5. The van der Waals surface area contributed by atoms with Gasteiger partial charge in [0, 0.05) is 19.1 Å². The van der Waals surface area contributed by atoms with Gasteiger partial charge in [0.1, 0.15) is 0 Å². The van der Waals surface area contributed by atoms with Gasteiger partial charge >= 0.3 is 0 Å². The van der Waals surface area contributed by atoms with Crippen LogP contribution in [0.15, 0.2) is 30.3 Å². The number of fused-ring (bicyclic) bond motifs is 1. The van der Waals surface area contributed by atoms with Crippen LogP contribution in [-0.2, 0) is 11.2 Å². The van der Waals surface area contributed by atoms with Gasteiger partial charge in [0.25, 0.3) is 0 Å². The van der Waals surface area contributed by atoms with E-state index >= 15 is 0 Å². The van der Waals surface area contributed by atoms with E-state index in [1.54, 1.807) is 20.3 Å². The van der Waals surface area contributed by atoms with Gasteiger partial charge in [-0.05, 0) is 29.9 Å². The molecule has 0 saturated carbocycles. The summed E-state index contributed by atoms with van der Waals surface area (Å²) in [7, 11) is 3.26. The first-order valence-electron chi connectivity index (χ1n) is 6.04. The molecule has 0 aliphatic heterocycles. The molecule has 3 nitrogen and oxygen atoms in total. The predicted molar refractivity (Wildman–Crippen MR) is 72.4 cm³/mol. The maximum Gasteiger partial charge on any atom is 0.165 e. The van der Waals surface area contributed by atoms with Crippen molar-refractivity contribution in [3.63, 3.8) is 0 Å². The van der Waals surface area contributed by atoms with Gasteiger partial charge in [0.15, 0.2) is 11.5 Å². The van der Waals surface area contributed by atoms with E-state index in [2.05, 4.69) is 0 Å². The third kappa shape index (κ3) is 2.41. The molecule has 0 amide bonds. The lowest BCUT2D eigenvalue weighted by molar-refractivity contribution is 0.195. The Kier molecular flexibility index (Phi) is 4.05.